The molecule has 1 aliphatic rings. The molecule has 0 aliphatic carbocycles. The first-order valence-electron chi connectivity index (χ1n) is 14.8. The third kappa shape index (κ3) is 4.00. The molecule has 2 heterocycles. The van der Waals surface area contributed by atoms with Gasteiger partial charge in [0.25, 0.3) is 0 Å². The second-order valence-corrected chi connectivity index (χ2v) is 12.4. The van der Waals surface area contributed by atoms with Crippen LogP contribution in [-0.2, 0) is 0 Å². The number of fused-ring (bicyclic) bond motifs is 8. The van der Waals surface area contributed by atoms with Gasteiger partial charge in [0.1, 0.15) is 0 Å². The van der Waals surface area contributed by atoms with Crippen molar-refractivity contribution in [2.24, 2.45) is 9.98 Å². The minimum Gasteiger partial charge on any atom is -0.258 e. The van der Waals surface area contributed by atoms with Crippen molar-refractivity contribution in [2.75, 3.05) is 0 Å². The fourth-order valence-electron chi connectivity index (χ4n) is 6.73. The molecule has 1 aromatic heterocycles. The van der Waals surface area contributed by atoms with Crippen LogP contribution in [0.3, 0.4) is 0 Å². The molecule has 1 aliphatic heterocycles. The standard InChI is InChI=1S/C40H26N2S/c1-2-10-26(11-3-1)35-24-36(28-19-21-32-31-14-6-7-16-37(31)43-38(32)23-28)42-40(41-35)34-15-8-12-27-18-20-30-29-13-5-4-9-25(29)17-22-33(30)39(27)34/h1-23,36H,24H2/t36-/m1/s1. The Morgan fingerprint density at radius 1 is 0.535 bits per heavy atom. The van der Waals surface area contributed by atoms with Crippen molar-refractivity contribution in [1.82, 2.24) is 0 Å². The molecule has 9 rings (SSSR count). The number of rotatable bonds is 3. The summed E-state index contributed by atoms with van der Waals surface area (Å²) in [7, 11) is 0. The number of benzene rings is 7. The molecule has 1 atom stereocenters. The number of nitrogens with zero attached hydrogens (tertiary/aromatic N) is 2. The Morgan fingerprint density at radius 2 is 1.26 bits per heavy atom. The van der Waals surface area contributed by atoms with Crippen molar-refractivity contribution in [2.45, 2.75) is 12.5 Å². The molecular weight excluding hydrogens is 541 g/mol. The number of aliphatic imine (C=N–C) groups is 2. The lowest BCUT2D eigenvalue weighted by atomic mass is 9.92. The van der Waals surface area contributed by atoms with Gasteiger partial charge in [0.05, 0.1) is 11.8 Å². The van der Waals surface area contributed by atoms with E-state index in [1.165, 1.54) is 58.1 Å². The largest absolute Gasteiger partial charge is 0.258 e. The fraction of sp³-hybridized carbons (Fsp3) is 0.0500. The van der Waals surface area contributed by atoms with Crippen molar-refractivity contribution < 1.29 is 0 Å². The number of hydrogen-bond donors (Lipinski definition) is 0. The maximum Gasteiger partial charge on any atom is 0.156 e. The van der Waals surface area contributed by atoms with Crippen LogP contribution in [-0.4, -0.2) is 11.5 Å². The molecule has 0 radical (unpaired) electrons. The van der Waals surface area contributed by atoms with Crippen LogP contribution < -0.4 is 0 Å². The van der Waals surface area contributed by atoms with Crippen LogP contribution in [0.5, 0.6) is 0 Å². The molecule has 0 bridgehead atoms. The predicted molar refractivity (Wildman–Crippen MR) is 185 cm³/mol. The Hall–Kier alpha value is -5.12. The molecule has 2 nitrogen and oxygen atoms in total. The fourth-order valence-corrected chi connectivity index (χ4v) is 7.88. The normalized spacial score (nSPS) is 15.4. The molecule has 0 saturated carbocycles. The molecule has 0 amide bonds. The van der Waals surface area contributed by atoms with Gasteiger partial charge in [-0.15, -0.1) is 11.3 Å². The van der Waals surface area contributed by atoms with E-state index in [1.807, 2.05) is 11.3 Å². The third-order valence-electron chi connectivity index (χ3n) is 8.81. The zero-order chi connectivity index (χ0) is 28.3. The lowest BCUT2D eigenvalue weighted by Gasteiger charge is -2.22. The van der Waals surface area contributed by atoms with E-state index in [1.54, 1.807) is 0 Å². The summed E-state index contributed by atoms with van der Waals surface area (Å²) in [5.41, 5.74) is 4.55. The van der Waals surface area contributed by atoms with E-state index in [2.05, 4.69) is 140 Å². The minimum atomic E-state index is -0.0246. The average Bonchev–Trinajstić information content (AvgIpc) is 3.46. The maximum atomic E-state index is 5.41. The van der Waals surface area contributed by atoms with Crippen LogP contribution >= 0.6 is 11.3 Å². The Morgan fingerprint density at radius 3 is 2.19 bits per heavy atom. The maximum absolute atomic E-state index is 5.41. The van der Waals surface area contributed by atoms with Crippen LogP contribution in [0.4, 0.5) is 0 Å². The second-order valence-electron chi connectivity index (χ2n) is 11.3. The first kappa shape index (κ1) is 24.5. The van der Waals surface area contributed by atoms with Gasteiger partial charge in [-0.25, -0.2) is 4.99 Å². The molecule has 0 fully saturated rings. The molecule has 0 spiro atoms. The Bertz CT molecular complexity index is 2430. The van der Waals surface area contributed by atoms with Crippen molar-refractivity contribution in [3.05, 3.63) is 156 Å². The van der Waals surface area contributed by atoms with Gasteiger partial charge in [-0.3, -0.25) is 4.99 Å². The van der Waals surface area contributed by atoms with Gasteiger partial charge in [-0.1, -0.05) is 127 Å². The smallest absolute Gasteiger partial charge is 0.156 e. The van der Waals surface area contributed by atoms with Gasteiger partial charge in [-0.2, -0.15) is 0 Å². The molecule has 43 heavy (non-hydrogen) atoms. The Kier molecular flexibility index (Phi) is 5.53. The van der Waals surface area contributed by atoms with E-state index in [0.29, 0.717) is 0 Å². The molecule has 3 heteroatoms. The van der Waals surface area contributed by atoms with Gasteiger partial charge in [-0.05, 0) is 50.2 Å². The van der Waals surface area contributed by atoms with E-state index in [4.69, 9.17) is 9.98 Å². The van der Waals surface area contributed by atoms with Crippen molar-refractivity contribution in [3.8, 4) is 0 Å². The Balaban J connectivity index is 1.27. The number of hydrogen-bond acceptors (Lipinski definition) is 3. The van der Waals surface area contributed by atoms with Gasteiger partial charge in [0.15, 0.2) is 5.84 Å². The highest BCUT2D eigenvalue weighted by molar-refractivity contribution is 7.25. The van der Waals surface area contributed by atoms with Gasteiger partial charge >= 0.3 is 0 Å². The minimum absolute atomic E-state index is 0.0246. The van der Waals surface area contributed by atoms with Gasteiger partial charge < -0.3 is 0 Å². The van der Waals surface area contributed by atoms with Gasteiger partial charge in [0, 0.05) is 37.5 Å². The van der Waals surface area contributed by atoms with Crippen LogP contribution in [0.1, 0.15) is 29.2 Å². The lowest BCUT2D eigenvalue weighted by molar-refractivity contribution is 0.755. The van der Waals surface area contributed by atoms with E-state index in [0.717, 1.165) is 29.1 Å². The van der Waals surface area contributed by atoms with Crippen molar-refractivity contribution >= 4 is 75.4 Å². The second kappa shape index (κ2) is 9.72. The summed E-state index contributed by atoms with van der Waals surface area (Å²) in [5.74, 6) is 0.804. The van der Waals surface area contributed by atoms with Crippen molar-refractivity contribution in [1.29, 1.82) is 0 Å². The highest BCUT2D eigenvalue weighted by atomic mass is 32.1. The SMILES string of the molecule is c1ccc(C2=NC(c3cccc4ccc5c6ccccc6ccc5c34)=N[C@@H](c3ccc4c(c3)sc3ccccc34)C2)cc1. The molecule has 202 valence electrons. The summed E-state index contributed by atoms with van der Waals surface area (Å²) < 4.78 is 2.63. The topological polar surface area (TPSA) is 24.7 Å². The summed E-state index contributed by atoms with van der Waals surface area (Å²) in [6.07, 6.45) is 0.764. The molecule has 0 N–H and O–H groups in total. The zero-order valence-corrected chi connectivity index (χ0v) is 24.2. The summed E-state index contributed by atoms with van der Waals surface area (Å²) in [5, 5.41) is 10.1. The van der Waals surface area contributed by atoms with Gasteiger partial charge in [0.2, 0.25) is 0 Å². The highest BCUT2D eigenvalue weighted by Crippen LogP contribution is 2.39. The van der Waals surface area contributed by atoms with Crippen LogP contribution in [0.2, 0.25) is 0 Å². The third-order valence-corrected chi connectivity index (χ3v) is 9.94. The average molecular weight is 567 g/mol. The molecule has 7 aromatic carbocycles. The summed E-state index contributed by atoms with van der Waals surface area (Å²) in [6, 6.07) is 50.3. The summed E-state index contributed by atoms with van der Waals surface area (Å²) in [4.78, 5) is 10.7. The predicted octanol–water partition coefficient (Wildman–Crippen LogP) is 10.9. The first-order valence-corrected chi connectivity index (χ1v) is 15.6. The van der Waals surface area contributed by atoms with E-state index in [9.17, 15) is 0 Å². The monoisotopic (exact) mass is 566 g/mol. The van der Waals surface area contributed by atoms with Crippen LogP contribution in [0.15, 0.2) is 150 Å². The van der Waals surface area contributed by atoms with Crippen molar-refractivity contribution in [3.63, 3.8) is 0 Å². The molecule has 8 aromatic rings. The molecule has 0 saturated heterocycles. The van der Waals surface area contributed by atoms with E-state index >= 15 is 0 Å². The molecular formula is C40H26N2S. The van der Waals surface area contributed by atoms with Crippen LogP contribution in [0.25, 0.3) is 52.5 Å². The summed E-state index contributed by atoms with van der Waals surface area (Å²) >= 11 is 1.86. The van der Waals surface area contributed by atoms with E-state index < -0.39 is 0 Å². The van der Waals surface area contributed by atoms with E-state index in [-0.39, 0.29) is 6.04 Å². The first-order chi connectivity index (χ1) is 21.3. The molecule has 0 unspecified atom stereocenters. The lowest BCUT2D eigenvalue weighted by Crippen LogP contribution is -2.17. The zero-order valence-electron chi connectivity index (χ0n) is 23.4. The van der Waals surface area contributed by atoms with Crippen LogP contribution in [0, 0.1) is 0 Å². The summed E-state index contributed by atoms with van der Waals surface area (Å²) in [6.45, 7) is 0. The Labute approximate surface area is 253 Å². The quantitative estimate of drug-likeness (QED) is 0.190. The number of amidine groups is 1. The highest BCUT2D eigenvalue weighted by Gasteiger charge is 2.24. The number of thiophene rings is 1.